The van der Waals surface area contributed by atoms with E-state index in [4.69, 9.17) is 5.73 Å². The summed E-state index contributed by atoms with van der Waals surface area (Å²) < 4.78 is 15.7. The number of nitrogens with two attached hydrogens (primary N) is 1. The maximum Gasteiger partial charge on any atom is 0.150 e. The number of rotatable bonds is 4. The summed E-state index contributed by atoms with van der Waals surface area (Å²) in [6, 6.07) is 5.08. The van der Waals surface area contributed by atoms with E-state index in [1.54, 1.807) is 24.4 Å². The Balaban J connectivity index is 2.05. The van der Waals surface area contributed by atoms with Gasteiger partial charge in [0.1, 0.15) is 5.82 Å². The number of aromatic nitrogens is 2. The number of benzene rings is 1. The van der Waals surface area contributed by atoms with E-state index in [0.717, 1.165) is 5.82 Å². The second kappa shape index (κ2) is 5.18. The van der Waals surface area contributed by atoms with Crippen molar-refractivity contribution in [1.29, 1.82) is 0 Å². The van der Waals surface area contributed by atoms with E-state index in [1.807, 2.05) is 29.8 Å². The zero-order valence-electron chi connectivity index (χ0n) is 10.6. The molecule has 0 amide bonds. The molecule has 0 aliphatic heterocycles. The molecule has 0 spiro atoms. The van der Waals surface area contributed by atoms with Crippen molar-refractivity contribution in [2.45, 2.75) is 13.1 Å². The van der Waals surface area contributed by atoms with Crippen LogP contribution in [-0.4, -0.2) is 21.5 Å². The predicted octanol–water partition coefficient (Wildman–Crippen LogP) is 1.77. The van der Waals surface area contributed by atoms with Crippen LogP contribution in [0, 0.1) is 5.82 Å². The molecule has 1 aromatic carbocycles. The molecule has 2 rings (SSSR count). The molecule has 0 unspecified atom stereocenters. The van der Waals surface area contributed by atoms with E-state index in [9.17, 15) is 4.39 Å². The fourth-order valence-electron chi connectivity index (χ4n) is 1.86. The molecule has 0 saturated heterocycles. The van der Waals surface area contributed by atoms with Crippen LogP contribution in [0.2, 0.25) is 0 Å². The minimum atomic E-state index is -0.329. The molecule has 0 radical (unpaired) electrons. The minimum absolute atomic E-state index is 0.192. The molecule has 0 atom stereocenters. The summed E-state index contributed by atoms with van der Waals surface area (Å²) in [6.45, 7) is 1.17. The number of anilines is 1. The van der Waals surface area contributed by atoms with E-state index in [1.165, 1.54) is 0 Å². The molecule has 0 aliphatic rings. The van der Waals surface area contributed by atoms with Crippen LogP contribution in [0.25, 0.3) is 0 Å². The Hall–Kier alpha value is -1.88. The number of hydrogen-bond donors (Lipinski definition) is 1. The normalized spacial score (nSPS) is 11.1. The number of halogens is 1. The smallest absolute Gasteiger partial charge is 0.150 e. The quantitative estimate of drug-likeness (QED) is 0.839. The highest BCUT2D eigenvalue weighted by Crippen LogP contribution is 2.16. The Morgan fingerprint density at radius 3 is 2.83 bits per heavy atom. The number of imidazole rings is 1. The van der Waals surface area contributed by atoms with E-state index in [-0.39, 0.29) is 11.5 Å². The van der Waals surface area contributed by atoms with Gasteiger partial charge in [-0.3, -0.25) is 4.90 Å². The summed E-state index contributed by atoms with van der Waals surface area (Å²) >= 11 is 0. The van der Waals surface area contributed by atoms with Crippen molar-refractivity contribution < 1.29 is 4.39 Å². The molecule has 96 valence electrons. The second-order valence-corrected chi connectivity index (χ2v) is 4.45. The molecule has 0 fully saturated rings. The first-order valence-electron chi connectivity index (χ1n) is 5.75. The van der Waals surface area contributed by atoms with Gasteiger partial charge in [0.05, 0.1) is 12.2 Å². The molecular formula is C13H17FN4. The molecule has 2 N–H and O–H groups in total. The number of nitrogens with zero attached hydrogens (tertiary/aromatic N) is 3. The van der Waals surface area contributed by atoms with Crippen LogP contribution in [-0.2, 0) is 20.1 Å². The molecule has 0 aliphatic carbocycles. The fourth-order valence-corrected chi connectivity index (χ4v) is 1.86. The van der Waals surface area contributed by atoms with E-state index in [0.29, 0.717) is 18.7 Å². The van der Waals surface area contributed by atoms with Crippen LogP contribution in [0.15, 0.2) is 30.6 Å². The van der Waals surface area contributed by atoms with Gasteiger partial charge < -0.3 is 10.3 Å². The lowest BCUT2D eigenvalue weighted by Crippen LogP contribution is -2.20. The van der Waals surface area contributed by atoms with Crippen LogP contribution in [0.3, 0.4) is 0 Å². The van der Waals surface area contributed by atoms with Gasteiger partial charge in [-0.15, -0.1) is 0 Å². The van der Waals surface area contributed by atoms with Crippen molar-refractivity contribution in [3.05, 3.63) is 47.8 Å². The monoisotopic (exact) mass is 248 g/mol. The topological polar surface area (TPSA) is 47.1 Å². The SMILES string of the molecule is CN(Cc1cccc(N)c1F)Cc1nccn1C. The second-order valence-electron chi connectivity index (χ2n) is 4.45. The van der Waals surface area contributed by atoms with Gasteiger partial charge in [0.15, 0.2) is 5.82 Å². The Morgan fingerprint density at radius 1 is 1.39 bits per heavy atom. The molecule has 0 bridgehead atoms. The number of nitrogen functional groups attached to an aromatic ring is 1. The van der Waals surface area contributed by atoms with Gasteiger partial charge in [0.2, 0.25) is 0 Å². The maximum atomic E-state index is 13.7. The molecule has 1 heterocycles. The maximum absolute atomic E-state index is 13.7. The van der Waals surface area contributed by atoms with Gasteiger partial charge in [-0.05, 0) is 13.1 Å². The van der Waals surface area contributed by atoms with Gasteiger partial charge in [0.25, 0.3) is 0 Å². The van der Waals surface area contributed by atoms with Gasteiger partial charge in [0, 0.05) is 31.5 Å². The molecule has 0 saturated carbocycles. The zero-order chi connectivity index (χ0) is 13.1. The predicted molar refractivity (Wildman–Crippen MR) is 69.2 cm³/mol. The summed E-state index contributed by atoms with van der Waals surface area (Å²) in [5.74, 6) is 0.617. The van der Waals surface area contributed by atoms with Crippen molar-refractivity contribution in [1.82, 2.24) is 14.5 Å². The van der Waals surface area contributed by atoms with Crippen LogP contribution in [0.4, 0.5) is 10.1 Å². The summed E-state index contributed by atoms with van der Waals surface area (Å²) in [6.07, 6.45) is 3.65. The fraction of sp³-hybridized carbons (Fsp3) is 0.308. The average molecular weight is 248 g/mol. The molecule has 2 aromatic rings. The van der Waals surface area contributed by atoms with Crippen molar-refractivity contribution >= 4 is 5.69 Å². The van der Waals surface area contributed by atoms with Crippen LogP contribution in [0.5, 0.6) is 0 Å². The van der Waals surface area contributed by atoms with Gasteiger partial charge in [-0.1, -0.05) is 12.1 Å². The van der Waals surface area contributed by atoms with Crippen molar-refractivity contribution in [2.24, 2.45) is 7.05 Å². The van der Waals surface area contributed by atoms with E-state index < -0.39 is 0 Å². The van der Waals surface area contributed by atoms with Gasteiger partial charge in [-0.25, -0.2) is 9.37 Å². The molecule has 5 heteroatoms. The molecule has 4 nitrogen and oxygen atoms in total. The van der Waals surface area contributed by atoms with Crippen LogP contribution in [0.1, 0.15) is 11.4 Å². The summed E-state index contributed by atoms with van der Waals surface area (Å²) in [4.78, 5) is 6.24. The summed E-state index contributed by atoms with van der Waals surface area (Å²) in [7, 11) is 3.87. The Labute approximate surface area is 106 Å². The lowest BCUT2D eigenvalue weighted by atomic mass is 10.2. The van der Waals surface area contributed by atoms with Crippen molar-refractivity contribution in [3.8, 4) is 0 Å². The largest absolute Gasteiger partial charge is 0.396 e. The first-order valence-corrected chi connectivity index (χ1v) is 5.75. The molecule has 1 aromatic heterocycles. The van der Waals surface area contributed by atoms with Crippen molar-refractivity contribution in [2.75, 3.05) is 12.8 Å². The number of hydrogen-bond acceptors (Lipinski definition) is 3. The summed E-state index contributed by atoms with van der Waals surface area (Å²) in [5, 5.41) is 0. The highest BCUT2D eigenvalue weighted by atomic mass is 19.1. The third kappa shape index (κ3) is 2.68. The van der Waals surface area contributed by atoms with E-state index >= 15 is 0 Å². The van der Waals surface area contributed by atoms with Crippen LogP contribution >= 0.6 is 0 Å². The standard InChI is InChI=1S/C13H17FN4/c1-17(9-12-16-6-7-18(12)2)8-10-4-3-5-11(15)13(10)14/h3-7H,8-9,15H2,1-2H3. The third-order valence-electron chi connectivity index (χ3n) is 2.88. The Bertz CT molecular complexity index is 536. The zero-order valence-corrected chi connectivity index (χ0v) is 10.6. The molecule has 18 heavy (non-hydrogen) atoms. The average Bonchev–Trinajstić information content (AvgIpc) is 2.71. The first-order chi connectivity index (χ1) is 8.58. The van der Waals surface area contributed by atoms with Crippen LogP contribution < -0.4 is 5.73 Å². The Morgan fingerprint density at radius 2 is 2.17 bits per heavy atom. The number of aryl methyl sites for hydroxylation is 1. The van der Waals surface area contributed by atoms with Gasteiger partial charge in [-0.2, -0.15) is 0 Å². The van der Waals surface area contributed by atoms with Gasteiger partial charge >= 0.3 is 0 Å². The van der Waals surface area contributed by atoms with Crippen molar-refractivity contribution in [3.63, 3.8) is 0 Å². The minimum Gasteiger partial charge on any atom is -0.396 e. The van der Waals surface area contributed by atoms with E-state index in [2.05, 4.69) is 4.98 Å². The lowest BCUT2D eigenvalue weighted by molar-refractivity contribution is 0.302. The first kappa shape index (κ1) is 12.6. The lowest BCUT2D eigenvalue weighted by Gasteiger charge is -2.17. The highest BCUT2D eigenvalue weighted by Gasteiger charge is 2.10. The molecular weight excluding hydrogens is 231 g/mol. The highest BCUT2D eigenvalue weighted by molar-refractivity contribution is 5.42. The Kier molecular flexibility index (Phi) is 3.62. The third-order valence-corrected chi connectivity index (χ3v) is 2.88. The summed E-state index contributed by atoms with van der Waals surface area (Å²) in [5.41, 5.74) is 6.34.